The van der Waals surface area contributed by atoms with Crippen LogP contribution in [-0.4, -0.2) is 18.8 Å². The van der Waals surface area contributed by atoms with Gasteiger partial charge < -0.3 is 9.84 Å². The molecule has 1 N–H and O–H groups in total. The highest BCUT2D eigenvalue weighted by molar-refractivity contribution is 5.48. The highest BCUT2D eigenvalue weighted by Gasteiger charge is 2.08. The van der Waals surface area contributed by atoms with Crippen molar-refractivity contribution in [3.8, 4) is 11.8 Å². The van der Waals surface area contributed by atoms with Crippen LogP contribution in [0.25, 0.3) is 0 Å². The Morgan fingerprint density at radius 2 is 2.29 bits per heavy atom. The number of hydrogen-bond acceptors (Lipinski definition) is 3. The Morgan fingerprint density at radius 3 is 2.79 bits per heavy atom. The van der Waals surface area contributed by atoms with Crippen molar-refractivity contribution in [3.05, 3.63) is 35.2 Å². The topological polar surface area (TPSA) is 53.2 Å². The lowest BCUT2D eigenvalue weighted by Crippen LogP contribution is -2.00. The second-order valence-corrected chi connectivity index (χ2v) is 2.97. The number of hydrogen-bond donors (Lipinski definition) is 1. The summed E-state index contributed by atoms with van der Waals surface area (Å²) in [6.45, 7) is 1.82. The summed E-state index contributed by atoms with van der Waals surface area (Å²) in [6, 6.07) is 7.31. The molecule has 3 heteroatoms. The molecule has 0 spiro atoms. The maximum absolute atomic E-state index is 8.93. The van der Waals surface area contributed by atoms with Crippen LogP contribution in [0.5, 0.6) is 5.75 Å². The number of rotatable bonds is 3. The van der Waals surface area contributed by atoms with Crippen molar-refractivity contribution in [1.29, 1.82) is 5.26 Å². The van der Waals surface area contributed by atoms with Crippen molar-refractivity contribution < 1.29 is 9.84 Å². The minimum Gasteiger partial charge on any atom is -0.495 e. The summed E-state index contributed by atoms with van der Waals surface area (Å²) in [7, 11) is 1.53. The molecular formula is C11H12NO2. The van der Waals surface area contributed by atoms with Crippen LogP contribution in [0.2, 0.25) is 0 Å². The van der Waals surface area contributed by atoms with Gasteiger partial charge in [-0.3, -0.25) is 0 Å². The molecule has 1 aromatic rings. The summed E-state index contributed by atoms with van der Waals surface area (Å²) in [5.41, 5.74) is 1.35. The predicted octanol–water partition coefficient (Wildman–Crippen LogP) is 1.50. The molecule has 1 radical (unpaired) electrons. The van der Waals surface area contributed by atoms with E-state index < -0.39 is 0 Å². The zero-order valence-electron chi connectivity index (χ0n) is 8.24. The molecule has 14 heavy (non-hydrogen) atoms. The Kier molecular flexibility index (Phi) is 3.49. The largest absolute Gasteiger partial charge is 0.495 e. The highest BCUT2D eigenvalue weighted by Crippen LogP contribution is 2.22. The first-order chi connectivity index (χ1) is 6.72. The Morgan fingerprint density at radius 1 is 1.57 bits per heavy atom. The predicted molar refractivity (Wildman–Crippen MR) is 52.8 cm³/mol. The molecule has 0 aliphatic rings. The van der Waals surface area contributed by atoms with Gasteiger partial charge in [0.1, 0.15) is 11.8 Å². The van der Waals surface area contributed by atoms with Crippen LogP contribution in [0, 0.1) is 17.2 Å². The highest BCUT2D eigenvalue weighted by atomic mass is 16.5. The van der Waals surface area contributed by atoms with E-state index in [0.29, 0.717) is 11.3 Å². The maximum Gasteiger partial charge on any atom is 0.136 e. The number of nitrogens with zero attached hydrogens (tertiary/aromatic N) is 1. The lowest BCUT2D eigenvalue weighted by atomic mass is 10.00. The molecule has 0 aromatic heterocycles. The average Bonchev–Trinajstić information content (AvgIpc) is 2.26. The Balaban J connectivity index is 3.09. The molecular weight excluding hydrogens is 178 g/mol. The molecule has 0 unspecified atom stereocenters. The fourth-order valence-electron chi connectivity index (χ4n) is 1.15. The van der Waals surface area contributed by atoms with Crippen molar-refractivity contribution >= 4 is 0 Å². The molecule has 73 valence electrons. The zero-order chi connectivity index (χ0) is 10.6. The van der Waals surface area contributed by atoms with Gasteiger partial charge in [0.25, 0.3) is 0 Å². The molecule has 0 saturated carbocycles. The van der Waals surface area contributed by atoms with E-state index in [1.54, 1.807) is 12.1 Å². The monoisotopic (exact) mass is 190 g/mol. The third-order valence-corrected chi connectivity index (χ3v) is 2.05. The van der Waals surface area contributed by atoms with Gasteiger partial charge in [-0.05, 0) is 17.7 Å². The molecule has 1 rings (SSSR count). The van der Waals surface area contributed by atoms with Crippen LogP contribution < -0.4 is 4.74 Å². The van der Waals surface area contributed by atoms with Gasteiger partial charge in [0, 0.05) is 5.92 Å². The first kappa shape index (κ1) is 10.6. The molecule has 1 aromatic carbocycles. The zero-order valence-corrected chi connectivity index (χ0v) is 8.24. The number of aliphatic hydroxyl groups is 1. The van der Waals surface area contributed by atoms with Crippen LogP contribution in [-0.2, 0) is 0 Å². The molecule has 0 fully saturated rings. The summed E-state index contributed by atoms with van der Waals surface area (Å²) >= 11 is 0. The van der Waals surface area contributed by atoms with Crippen LogP contribution in [0.3, 0.4) is 0 Å². The minimum absolute atomic E-state index is 0.00278. The maximum atomic E-state index is 8.93. The fourth-order valence-corrected chi connectivity index (χ4v) is 1.15. The van der Waals surface area contributed by atoms with Gasteiger partial charge in [0.15, 0.2) is 0 Å². The first-order valence-corrected chi connectivity index (χ1v) is 4.24. The van der Waals surface area contributed by atoms with Crippen molar-refractivity contribution in [2.24, 2.45) is 0 Å². The molecule has 0 heterocycles. The van der Waals surface area contributed by atoms with Gasteiger partial charge >= 0.3 is 0 Å². The lowest BCUT2D eigenvalue weighted by molar-refractivity contribution is 0.315. The summed E-state index contributed by atoms with van der Waals surface area (Å²) in [5.74, 6) is 1.39. The van der Waals surface area contributed by atoms with Gasteiger partial charge in [0.2, 0.25) is 0 Å². The second kappa shape index (κ2) is 4.64. The second-order valence-electron chi connectivity index (χ2n) is 2.97. The van der Waals surface area contributed by atoms with Crippen molar-refractivity contribution in [1.82, 2.24) is 0 Å². The molecule has 0 atom stereocenters. The summed E-state index contributed by atoms with van der Waals surface area (Å²) in [6.07, 6.45) is 0. The number of methoxy groups -OCH3 is 1. The summed E-state index contributed by atoms with van der Waals surface area (Å²) in [5, 5.41) is 17.8. The molecule has 0 aliphatic heterocycles. The molecule has 0 aliphatic carbocycles. The third kappa shape index (κ3) is 2.04. The van der Waals surface area contributed by atoms with Crippen LogP contribution in [0.1, 0.15) is 18.1 Å². The van der Waals surface area contributed by atoms with Crippen molar-refractivity contribution in [3.63, 3.8) is 0 Å². The van der Waals surface area contributed by atoms with Gasteiger partial charge in [0.05, 0.1) is 19.3 Å². The summed E-state index contributed by atoms with van der Waals surface area (Å²) in [4.78, 5) is 0. The van der Waals surface area contributed by atoms with E-state index in [1.807, 2.05) is 19.1 Å². The molecule has 0 saturated heterocycles. The number of benzene rings is 1. The normalized spacial score (nSPS) is 9.93. The lowest BCUT2D eigenvalue weighted by Gasteiger charge is -2.09. The Hall–Kier alpha value is -1.53. The smallest absolute Gasteiger partial charge is 0.136 e. The van der Waals surface area contributed by atoms with Gasteiger partial charge in [-0.25, -0.2) is 0 Å². The van der Waals surface area contributed by atoms with Gasteiger partial charge in [-0.1, -0.05) is 13.0 Å². The van der Waals surface area contributed by atoms with Gasteiger partial charge in [-0.2, -0.15) is 5.26 Å². The number of aliphatic hydroxyl groups excluding tert-OH is 1. The number of nitriles is 1. The van der Waals surface area contributed by atoms with Crippen molar-refractivity contribution in [2.45, 2.75) is 6.92 Å². The van der Waals surface area contributed by atoms with E-state index in [9.17, 15) is 0 Å². The SMILES string of the molecule is COc1ccc([C](C)CO)cc1C#N. The Bertz CT molecular complexity index is 355. The van der Waals surface area contributed by atoms with E-state index in [0.717, 1.165) is 11.5 Å². The van der Waals surface area contributed by atoms with E-state index in [-0.39, 0.29) is 6.61 Å². The van der Waals surface area contributed by atoms with E-state index in [1.165, 1.54) is 7.11 Å². The van der Waals surface area contributed by atoms with Crippen molar-refractivity contribution in [2.75, 3.05) is 13.7 Å². The van der Waals surface area contributed by atoms with Crippen LogP contribution in [0.4, 0.5) is 0 Å². The summed E-state index contributed by atoms with van der Waals surface area (Å²) < 4.78 is 5.01. The Labute approximate surface area is 83.6 Å². The third-order valence-electron chi connectivity index (χ3n) is 2.05. The van der Waals surface area contributed by atoms with Gasteiger partial charge in [-0.15, -0.1) is 0 Å². The quantitative estimate of drug-likeness (QED) is 0.785. The molecule has 0 bridgehead atoms. The van der Waals surface area contributed by atoms with Crippen LogP contribution >= 0.6 is 0 Å². The van der Waals surface area contributed by atoms with E-state index in [4.69, 9.17) is 15.1 Å². The fraction of sp³-hybridized carbons (Fsp3) is 0.273. The average molecular weight is 190 g/mol. The van der Waals surface area contributed by atoms with E-state index >= 15 is 0 Å². The molecule has 0 amide bonds. The standard InChI is InChI=1S/C11H12NO2/c1-8(7-13)9-3-4-11(14-2)10(5-9)6-12/h3-5,13H,7H2,1-2H3. The first-order valence-electron chi connectivity index (χ1n) is 4.24. The van der Waals surface area contributed by atoms with E-state index in [2.05, 4.69) is 0 Å². The minimum atomic E-state index is -0.00278. The number of ether oxygens (including phenoxy) is 1. The van der Waals surface area contributed by atoms with Crippen LogP contribution in [0.15, 0.2) is 18.2 Å². The molecule has 3 nitrogen and oxygen atoms in total.